The number of hydrogen-bond acceptors (Lipinski definition) is 10. The summed E-state index contributed by atoms with van der Waals surface area (Å²) in [4.78, 5) is 49.6. The molecule has 1 saturated heterocycles. The summed E-state index contributed by atoms with van der Waals surface area (Å²) < 4.78 is 49.5. The first-order valence-electron chi connectivity index (χ1n) is 5.94. The van der Waals surface area contributed by atoms with Crippen LogP contribution in [0.5, 0.6) is 0 Å². The van der Waals surface area contributed by atoms with Gasteiger partial charge in [0.25, 0.3) is 5.09 Å². The van der Waals surface area contributed by atoms with Crippen LogP contribution in [0.25, 0.3) is 0 Å². The van der Waals surface area contributed by atoms with Crippen LogP contribution in [0.4, 0.5) is 0 Å². The Morgan fingerprint density at radius 3 is 2.25 bits per heavy atom. The predicted octanol–water partition coefficient (Wildman–Crippen LogP) is -1.35. The fourth-order valence-corrected chi connectivity index (χ4v) is 4.79. The molecule has 0 aliphatic carbocycles. The van der Waals surface area contributed by atoms with Gasteiger partial charge in [-0.2, -0.15) is 8.62 Å². The van der Waals surface area contributed by atoms with Gasteiger partial charge in [0.1, 0.15) is 20.1 Å². The van der Waals surface area contributed by atoms with Gasteiger partial charge in [-0.15, -0.1) is 10.1 Å². The Balaban J connectivity index is 2.64. The minimum atomic E-state index is -5.63. The van der Waals surface area contributed by atoms with E-state index >= 15 is 0 Å². The van der Waals surface area contributed by atoms with E-state index in [-0.39, 0.29) is 6.42 Å². The highest BCUT2D eigenvalue weighted by Gasteiger charge is 2.43. The molecule has 5 atom stereocenters. The molecule has 19 heteroatoms. The fourth-order valence-electron chi connectivity index (χ4n) is 1.76. The van der Waals surface area contributed by atoms with Crippen LogP contribution >= 0.6 is 23.5 Å². The highest BCUT2D eigenvalue weighted by atomic mass is 31.3. The van der Waals surface area contributed by atoms with Crippen molar-refractivity contribution in [1.29, 1.82) is 0 Å². The zero-order chi connectivity index (χ0) is 18.8. The molecule has 0 saturated carbocycles. The molecule has 0 aromatic heterocycles. The first kappa shape index (κ1) is 21.7. The molecule has 1 aliphatic rings. The lowest BCUT2D eigenvalue weighted by molar-refractivity contribution is -0.769. The van der Waals surface area contributed by atoms with Crippen LogP contribution in [0.1, 0.15) is 6.42 Å². The Kier molecular flexibility index (Phi) is 7.13. The van der Waals surface area contributed by atoms with Crippen LogP contribution < -0.4 is 0 Å². The fraction of sp³-hybridized carbons (Fsp3) is 1.00. The maximum absolute atomic E-state index is 11.5. The monoisotopic (exact) mass is 415 g/mol. The van der Waals surface area contributed by atoms with Gasteiger partial charge >= 0.3 is 23.5 Å². The van der Waals surface area contributed by atoms with Crippen LogP contribution in [-0.2, 0) is 36.4 Å². The molecule has 0 bridgehead atoms. The van der Waals surface area contributed by atoms with Gasteiger partial charge in [0.15, 0.2) is 0 Å². The quantitative estimate of drug-likeness (QED) is 0.148. The molecule has 24 heavy (non-hydrogen) atoms. The number of hydrogen-bond donors (Lipinski definition) is 4. The van der Waals surface area contributed by atoms with E-state index in [1.165, 1.54) is 0 Å². The van der Waals surface area contributed by atoms with Crippen molar-refractivity contribution in [3.63, 3.8) is 0 Å². The van der Waals surface area contributed by atoms with Crippen molar-refractivity contribution in [3.05, 3.63) is 10.1 Å². The lowest BCUT2D eigenvalue weighted by Crippen LogP contribution is -2.30. The molecule has 1 aliphatic heterocycles. The van der Waals surface area contributed by atoms with Gasteiger partial charge in [-0.05, 0) is 6.42 Å². The molecule has 140 valence electrons. The normalized spacial score (nSPS) is 29.6. The SMILES string of the molecule is BC1CC(O[N+](=O)[O-])C(COP(=O)(O)OP(=O)(O)OP(=O)(O)O)O1. The molecular weight excluding hydrogens is 402 g/mol. The summed E-state index contributed by atoms with van der Waals surface area (Å²) in [6, 6.07) is -0.496. The van der Waals surface area contributed by atoms with Gasteiger partial charge < -0.3 is 29.1 Å². The lowest BCUT2D eigenvalue weighted by atomic mass is 9.96. The van der Waals surface area contributed by atoms with Gasteiger partial charge in [-0.1, -0.05) is 0 Å². The van der Waals surface area contributed by atoms with Crippen LogP contribution in [0, 0.1) is 10.1 Å². The van der Waals surface area contributed by atoms with Crippen LogP contribution in [-0.4, -0.2) is 57.3 Å². The molecule has 5 unspecified atom stereocenters. The Hall–Kier alpha value is -0.365. The van der Waals surface area contributed by atoms with E-state index < -0.39 is 53.4 Å². The second-order valence-corrected chi connectivity index (χ2v) is 8.90. The number of rotatable bonds is 9. The Morgan fingerprint density at radius 1 is 1.17 bits per heavy atom. The Labute approximate surface area is 134 Å². The van der Waals surface area contributed by atoms with Crippen molar-refractivity contribution in [1.82, 2.24) is 0 Å². The molecule has 0 aromatic carbocycles. The highest BCUT2D eigenvalue weighted by molar-refractivity contribution is 7.66. The zero-order valence-corrected chi connectivity index (χ0v) is 14.5. The van der Waals surface area contributed by atoms with Crippen molar-refractivity contribution in [3.8, 4) is 0 Å². The minimum Gasteiger partial charge on any atom is -0.379 e. The van der Waals surface area contributed by atoms with Crippen molar-refractivity contribution >= 4 is 31.3 Å². The molecule has 15 nitrogen and oxygen atoms in total. The smallest absolute Gasteiger partial charge is 0.379 e. The summed E-state index contributed by atoms with van der Waals surface area (Å²) in [7, 11) is -14.9. The third kappa shape index (κ3) is 8.14. The van der Waals surface area contributed by atoms with Crippen molar-refractivity contribution in [2.24, 2.45) is 0 Å². The van der Waals surface area contributed by atoms with Crippen molar-refractivity contribution in [2.45, 2.75) is 24.6 Å². The van der Waals surface area contributed by atoms with E-state index in [1.807, 2.05) is 0 Å². The van der Waals surface area contributed by atoms with Crippen molar-refractivity contribution < 1.29 is 61.1 Å². The summed E-state index contributed by atoms with van der Waals surface area (Å²) in [5.74, 6) is 0. The molecule has 0 amide bonds. The Morgan fingerprint density at radius 2 is 1.75 bits per heavy atom. The zero-order valence-electron chi connectivity index (χ0n) is 11.8. The first-order chi connectivity index (χ1) is 10.7. The maximum Gasteiger partial charge on any atom is 0.490 e. The molecule has 4 N–H and O–H groups in total. The summed E-state index contributed by atoms with van der Waals surface area (Å²) in [6.45, 7) is -0.813. The first-order valence-corrected chi connectivity index (χ1v) is 10.5. The second-order valence-electron chi connectivity index (χ2n) is 4.48. The molecular formula is C5H13BNO14P3. The summed E-state index contributed by atoms with van der Waals surface area (Å²) in [5, 5.41) is 9.23. The largest absolute Gasteiger partial charge is 0.490 e. The molecule has 1 rings (SSSR count). The van der Waals surface area contributed by atoms with Gasteiger partial charge in [0.05, 0.1) is 6.61 Å². The van der Waals surface area contributed by atoms with Gasteiger partial charge in [0, 0.05) is 6.00 Å². The van der Waals surface area contributed by atoms with E-state index in [2.05, 4.69) is 18.0 Å². The standard InChI is InChI=1S/C5H13BNO14P3/c6-5-1-3(19-7(8)9)4(18-5)2-17-23(13,14)21-24(15,16)20-22(10,11)12/h3-5H,1-2,6H2,(H,13,14)(H,15,16)(H2,10,11,12). The number of ether oxygens (including phenoxy) is 1. The average molecular weight is 415 g/mol. The molecule has 1 fully saturated rings. The number of nitrogens with zero attached hydrogens (tertiary/aromatic N) is 1. The molecule has 0 aromatic rings. The topological polar surface area (TPSA) is 221 Å². The second kappa shape index (κ2) is 7.89. The van der Waals surface area contributed by atoms with Gasteiger partial charge in [0.2, 0.25) is 0 Å². The Bertz CT molecular complexity index is 605. The molecule has 1 heterocycles. The van der Waals surface area contributed by atoms with Crippen molar-refractivity contribution in [2.75, 3.05) is 6.61 Å². The minimum absolute atomic E-state index is 0.0748. The van der Waals surface area contributed by atoms with Crippen LogP contribution in [0.3, 0.4) is 0 Å². The van der Waals surface area contributed by atoms with Gasteiger partial charge in [-0.25, -0.2) is 13.7 Å². The van der Waals surface area contributed by atoms with E-state index in [4.69, 9.17) is 19.4 Å². The highest BCUT2D eigenvalue weighted by Crippen LogP contribution is 2.66. The molecule has 0 spiro atoms. The summed E-state index contributed by atoms with van der Waals surface area (Å²) in [6.07, 6.45) is -2.22. The predicted molar refractivity (Wildman–Crippen MR) is 73.5 cm³/mol. The van der Waals surface area contributed by atoms with E-state index in [1.54, 1.807) is 7.85 Å². The van der Waals surface area contributed by atoms with Gasteiger partial charge in [-0.3, -0.25) is 4.52 Å². The number of phosphoric acid groups is 3. The maximum atomic E-state index is 11.5. The summed E-state index contributed by atoms with van der Waals surface area (Å²) >= 11 is 0. The molecule has 0 radical (unpaired) electrons. The van der Waals surface area contributed by atoms with Crippen LogP contribution in [0.15, 0.2) is 0 Å². The van der Waals surface area contributed by atoms with E-state index in [9.17, 15) is 28.7 Å². The average Bonchev–Trinajstić information content (AvgIpc) is 2.61. The summed E-state index contributed by atoms with van der Waals surface area (Å²) in [5.41, 5.74) is 0. The lowest BCUT2D eigenvalue weighted by Gasteiger charge is -2.20. The van der Waals surface area contributed by atoms with E-state index in [0.29, 0.717) is 0 Å². The number of phosphoric ester groups is 1. The third-order valence-corrected chi connectivity index (χ3v) is 6.23. The van der Waals surface area contributed by atoms with Crippen LogP contribution in [0.2, 0.25) is 0 Å². The van der Waals surface area contributed by atoms with E-state index in [0.717, 1.165) is 0 Å². The third-order valence-electron chi connectivity index (χ3n) is 2.43.